The molecule has 0 heterocycles. The Balaban J connectivity index is 0.00000138. The minimum Gasteiger partial charge on any atom is -0.393 e. The van der Waals surface area contributed by atoms with Gasteiger partial charge in [0.1, 0.15) is 0 Å². The molecule has 0 aromatic heterocycles. The average molecular weight is 563 g/mol. The second kappa shape index (κ2) is 20.7. The number of aliphatic hydroxyl groups excluding tert-OH is 1. The molecular formula is C40H66O. The zero-order valence-electron chi connectivity index (χ0n) is 29.3. The van der Waals surface area contributed by atoms with Crippen LogP contribution in [0.5, 0.6) is 0 Å². The van der Waals surface area contributed by atoms with E-state index in [2.05, 4.69) is 124 Å². The van der Waals surface area contributed by atoms with Crippen molar-refractivity contribution in [3.8, 4) is 0 Å². The maximum atomic E-state index is 9.78. The summed E-state index contributed by atoms with van der Waals surface area (Å²) in [5.74, 6) is 1.09. The molecule has 3 unspecified atom stereocenters. The SMILES string of the molecule is CC.CCC(CC(C)O)CC(C)c1ccc(C)c(C/C(C)=C/C=C(\C)c2ccc(C)cc2)c1.CCCCC(C)(C)C. The standard InChI is InChI=1S/C30H42O.C8H18.C2H6/c1-8-27(19-26(7)31)18-25(6)29-16-13-24(5)30(20-29)17-22(3)9-12-23(4)28-14-10-21(2)11-15-28;1-5-6-7-8(2,3)4;1-2/h9-16,20,25-27,31H,8,17-19H2,1-7H3;5-7H2,1-4H3;1-2H3/b22-9+,23-12+;;. The van der Waals surface area contributed by atoms with Crippen molar-refractivity contribution in [3.05, 3.63) is 88.0 Å². The molecule has 0 spiro atoms. The molecule has 0 aliphatic carbocycles. The number of hydrogen-bond acceptors (Lipinski definition) is 1. The van der Waals surface area contributed by atoms with E-state index in [0.29, 0.717) is 17.3 Å². The third-order valence-electron chi connectivity index (χ3n) is 7.76. The summed E-state index contributed by atoms with van der Waals surface area (Å²) in [5.41, 5.74) is 10.00. The second-order valence-corrected chi connectivity index (χ2v) is 13.3. The predicted molar refractivity (Wildman–Crippen MR) is 187 cm³/mol. The highest BCUT2D eigenvalue weighted by Gasteiger charge is 2.16. The Labute approximate surface area is 256 Å². The van der Waals surface area contributed by atoms with E-state index >= 15 is 0 Å². The number of benzene rings is 2. The molecule has 232 valence electrons. The van der Waals surface area contributed by atoms with Crippen LogP contribution in [0.25, 0.3) is 5.57 Å². The first-order chi connectivity index (χ1) is 19.2. The molecule has 0 radical (unpaired) electrons. The molecule has 2 aromatic carbocycles. The molecule has 1 nitrogen and oxygen atoms in total. The second-order valence-electron chi connectivity index (χ2n) is 13.3. The molecule has 0 bridgehead atoms. The molecular weight excluding hydrogens is 496 g/mol. The highest BCUT2D eigenvalue weighted by atomic mass is 16.3. The van der Waals surface area contributed by atoms with Crippen LogP contribution in [-0.4, -0.2) is 11.2 Å². The zero-order chi connectivity index (χ0) is 31.6. The third kappa shape index (κ3) is 17.4. The Bertz CT molecular complexity index is 1010. The lowest BCUT2D eigenvalue weighted by Gasteiger charge is -2.22. The van der Waals surface area contributed by atoms with Gasteiger partial charge in [0.2, 0.25) is 0 Å². The van der Waals surface area contributed by atoms with Crippen LogP contribution in [0, 0.1) is 25.2 Å². The van der Waals surface area contributed by atoms with Gasteiger partial charge in [-0.15, -0.1) is 0 Å². The van der Waals surface area contributed by atoms with Gasteiger partial charge in [0.15, 0.2) is 0 Å². The number of aliphatic hydroxyl groups is 1. The number of allylic oxidation sites excluding steroid dienone is 4. The van der Waals surface area contributed by atoms with E-state index in [9.17, 15) is 5.11 Å². The Hall–Kier alpha value is -2.12. The number of unbranched alkanes of at least 4 members (excludes halogenated alkanes) is 1. The highest BCUT2D eigenvalue weighted by molar-refractivity contribution is 5.65. The summed E-state index contributed by atoms with van der Waals surface area (Å²) in [6, 6.07) is 15.7. The van der Waals surface area contributed by atoms with Crippen LogP contribution in [0.2, 0.25) is 0 Å². The molecule has 0 fully saturated rings. The van der Waals surface area contributed by atoms with Crippen molar-refractivity contribution in [2.45, 2.75) is 147 Å². The largest absolute Gasteiger partial charge is 0.393 e. The molecule has 2 rings (SSSR count). The number of hydrogen-bond donors (Lipinski definition) is 1. The van der Waals surface area contributed by atoms with Crippen molar-refractivity contribution in [2.24, 2.45) is 11.3 Å². The van der Waals surface area contributed by atoms with Gasteiger partial charge >= 0.3 is 0 Å². The Morgan fingerprint density at radius 3 is 1.98 bits per heavy atom. The lowest BCUT2D eigenvalue weighted by atomic mass is 9.84. The molecule has 1 heteroatoms. The van der Waals surface area contributed by atoms with Crippen LogP contribution in [0.1, 0.15) is 148 Å². The molecule has 0 aliphatic rings. The van der Waals surface area contributed by atoms with Crippen molar-refractivity contribution in [1.82, 2.24) is 0 Å². The number of aryl methyl sites for hydroxylation is 2. The van der Waals surface area contributed by atoms with Crippen molar-refractivity contribution in [3.63, 3.8) is 0 Å². The van der Waals surface area contributed by atoms with Gasteiger partial charge < -0.3 is 5.11 Å². The smallest absolute Gasteiger partial charge is 0.0514 e. The van der Waals surface area contributed by atoms with Gasteiger partial charge in [-0.3, -0.25) is 0 Å². The Morgan fingerprint density at radius 2 is 1.49 bits per heavy atom. The average Bonchev–Trinajstić information content (AvgIpc) is 2.92. The van der Waals surface area contributed by atoms with E-state index in [1.807, 2.05) is 20.8 Å². The summed E-state index contributed by atoms with van der Waals surface area (Å²) in [4.78, 5) is 0. The summed E-state index contributed by atoms with van der Waals surface area (Å²) in [7, 11) is 0. The molecule has 3 atom stereocenters. The fourth-order valence-electron chi connectivity index (χ4n) is 4.98. The lowest BCUT2D eigenvalue weighted by Crippen LogP contribution is -2.12. The topological polar surface area (TPSA) is 20.2 Å². The van der Waals surface area contributed by atoms with Crippen LogP contribution in [0.15, 0.2) is 60.2 Å². The van der Waals surface area contributed by atoms with Crippen LogP contribution in [0.3, 0.4) is 0 Å². The minimum absolute atomic E-state index is 0.213. The first kappa shape index (κ1) is 38.9. The van der Waals surface area contributed by atoms with Gasteiger partial charge in [-0.25, -0.2) is 0 Å². The van der Waals surface area contributed by atoms with Crippen molar-refractivity contribution < 1.29 is 5.11 Å². The normalized spacial score (nSPS) is 14.3. The summed E-state index contributed by atoms with van der Waals surface area (Å²) in [6.45, 7) is 28.3. The van der Waals surface area contributed by atoms with Crippen molar-refractivity contribution in [1.29, 1.82) is 0 Å². The zero-order valence-corrected chi connectivity index (χ0v) is 29.3. The van der Waals surface area contributed by atoms with Crippen LogP contribution >= 0.6 is 0 Å². The van der Waals surface area contributed by atoms with Gasteiger partial charge in [0, 0.05) is 0 Å². The first-order valence-electron chi connectivity index (χ1n) is 16.4. The molecule has 0 aliphatic heterocycles. The summed E-state index contributed by atoms with van der Waals surface area (Å²) in [6.07, 6.45) is 12.5. The Morgan fingerprint density at radius 1 is 0.878 bits per heavy atom. The maximum absolute atomic E-state index is 9.78. The van der Waals surface area contributed by atoms with Gasteiger partial charge in [-0.1, -0.05) is 140 Å². The number of rotatable bonds is 12. The summed E-state index contributed by atoms with van der Waals surface area (Å²) >= 11 is 0. The van der Waals surface area contributed by atoms with E-state index in [4.69, 9.17) is 0 Å². The van der Waals surface area contributed by atoms with E-state index in [1.165, 1.54) is 58.2 Å². The Kier molecular flexibility index (Phi) is 19.6. The molecule has 41 heavy (non-hydrogen) atoms. The monoisotopic (exact) mass is 563 g/mol. The quantitative estimate of drug-likeness (QED) is 0.255. The van der Waals surface area contributed by atoms with E-state index in [-0.39, 0.29) is 6.10 Å². The highest BCUT2D eigenvalue weighted by Crippen LogP contribution is 2.30. The molecule has 1 N–H and O–H groups in total. The summed E-state index contributed by atoms with van der Waals surface area (Å²) < 4.78 is 0. The van der Waals surface area contributed by atoms with Crippen molar-refractivity contribution in [2.75, 3.05) is 0 Å². The van der Waals surface area contributed by atoms with Crippen LogP contribution < -0.4 is 0 Å². The third-order valence-corrected chi connectivity index (χ3v) is 7.76. The molecule has 0 saturated heterocycles. The van der Waals surface area contributed by atoms with Gasteiger partial charge in [0.05, 0.1) is 6.10 Å². The van der Waals surface area contributed by atoms with Gasteiger partial charge in [-0.05, 0) is 105 Å². The van der Waals surface area contributed by atoms with E-state index < -0.39 is 0 Å². The lowest BCUT2D eigenvalue weighted by molar-refractivity contribution is 0.154. The minimum atomic E-state index is -0.213. The van der Waals surface area contributed by atoms with Crippen molar-refractivity contribution >= 4 is 5.57 Å². The van der Waals surface area contributed by atoms with Gasteiger partial charge in [-0.2, -0.15) is 0 Å². The molecule has 2 aromatic rings. The van der Waals surface area contributed by atoms with E-state index in [0.717, 1.165) is 25.7 Å². The van der Waals surface area contributed by atoms with Crippen LogP contribution in [0.4, 0.5) is 0 Å². The summed E-state index contributed by atoms with van der Waals surface area (Å²) in [5, 5.41) is 9.78. The fourth-order valence-corrected chi connectivity index (χ4v) is 4.98. The predicted octanol–water partition coefficient (Wildman–Crippen LogP) is 12.4. The van der Waals surface area contributed by atoms with E-state index in [1.54, 1.807) is 0 Å². The molecule has 0 saturated carbocycles. The molecule has 0 amide bonds. The fraction of sp³-hybridized carbons (Fsp3) is 0.600. The first-order valence-corrected chi connectivity index (χ1v) is 16.4. The van der Waals surface area contributed by atoms with Crippen LogP contribution in [-0.2, 0) is 6.42 Å². The van der Waals surface area contributed by atoms with Gasteiger partial charge in [0.25, 0.3) is 0 Å². The maximum Gasteiger partial charge on any atom is 0.0514 e.